The Hall–Kier alpha value is -5.63. The van der Waals surface area contributed by atoms with Gasteiger partial charge in [0.1, 0.15) is 24.1 Å². The van der Waals surface area contributed by atoms with Gasteiger partial charge in [0.25, 0.3) is 0 Å². The maximum absolute atomic E-state index is 15.7. The number of nitriles is 1. The van der Waals surface area contributed by atoms with Crippen molar-refractivity contribution < 1.29 is 27.8 Å². The minimum atomic E-state index is -0.544. The van der Waals surface area contributed by atoms with E-state index >= 15 is 4.39 Å². The number of aromatic nitrogens is 3. The van der Waals surface area contributed by atoms with E-state index in [1.165, 1.54) is 25.3 Å². The summed E-state index contributed by atoms with van der Waals surface area (Å²) in [5.41, 5.74) is 3.76. The first-order valence-electron chi connectivity index (χ1n) is 15.6. The van der Waals surface area contributed by atoms with Gasteiger partial charge >= 0.3 is 5.97 Å². The van der Waals surface area contributed by atoms with E-state index < -0.39 is 17.6 Å². The second kappa shape index (κ2) is 14.0. The Kier molecular flexibility index (Phi) is 9.43. The topological polar surface area (TPSA) is 110 Å². The van der Waals surface area contributed by atoms with E-state index in [1.807, 2.05) is 15.5 Å². The lowest BCUT2D eigenvalue weighted by Gasteiger charge is -2.32. The molecule has 1 amide bonds. The van der Waals surface area contributed by atoms with Crippen molar-refractivity contribution in [3.05, 3.63) is 113 Å². The smallest absolute Gasteiger partial charge is 0.337 e. The summed E-state index contributed by atoms with van der Waals surface area (Å²) in [6.07, 6.45) is 2.02. The van der Waals surface area contributed by atoms with Crippen molar-refractivity contribution in [2.24, 2.45) is 5.92 Å². The van der Waals surface area contributed by atoms with Gasteiger partial charge in [0.05, 0.1) is 41.0 Å². The number of halogens is 2. The molecule has 1 saturated heterocycles. The molecule has 0 unspecified atom stereocenters. The molecule has 0 spiro atoms. The van der Waals surface area contributed by atoms with Crippen LogP contribution in [0.3, 0.4) is 0 Å². The number of piperidine rings is 1. The molecule has 1 aliphatic rings. The molecule has 0 saturated carbocycles. The molecule has 1 fully saturated rings. The fraction of sp³-hybridized carbons (Fsp3) is 0.270. The molecule has 244 valence electrons. The molecular formula is C37H33F2N5O4. The van der Waals surface area contributed by atoms with E-state index in [2.05, 4.69) is 4.98 Å². The Labute approximate surface area is 276 Å². The number of hydrogen-bond acceptors (Lipinski definition) is 7. The van der Waals surface area contributed by atoms with Crippen LogP contribution in [0, 0.1) is 28.9 Å². The molecule has 9 nitrogen and oxygen atoms in total. The number of amides is 1. The van der Waals surface area contributed by atoms with E-state index in [4.69, 9.17) is 19.7 Å². The average molecular weight is 650 g/mol. The molecule has 6 rings (SSSR count). The summed E-state index contributed by atoms with van der Waals surface area (Å²) in [4.78, 5) is 35.6. The Balaban J connectivity index is 1.25. The maximum Gasteiger partial charge on any atom is 0.337 e. The van der Waals surface area contributed by atoms with Gasteiger partial charge in [-0.2, -0.15) is 5.26 Å². The highest BCUT2D eigenvalue weighted by atomic mass is 19.1. The number of carbonyl (C=O) groups is 2. The van der Waals surface area contributed by atoms with E-state index in [-0.39, 0.29) is 41.9 Å². The number of imidazole rings is 1. The van der Waals surface area contributed by atoms with Gasteiger partial charge in [-0.15, -0.1) is 0 Å². The van der Waals surface area contributed by atoms with Gasteiger partial charge in [0.15, 0.2) is 0 Å². The molecule has 1 aliphatic heterocycles. The van der Waals surface area contributed by atoms with Crippen molar-refractivity contribution in [1.29, 1.82) is 5.26 Å². The van der Waals surface area contributed by atoms with Crippen LogP contribution in [0.25, 0.3) is 22.3 Å². The lowest BCUT2D eigenvalue weighted by molar-refractivity contribution is -0.130. The number of benzene rings is 3. The molecule has 48 heavy (non-hydrogen) atoms. The van der Waals surface area contributed by atoms with E-state index in [9.17, 15) is 14.0 Å². The monoisotopic (exact) mass is 649 g/mol. The summed E-state index contributed by atoms with van der Waals surface area (Å²) in [5.74, 6) is -0.350. The number of methoxy groups -OCH3 is 1. The highest BCUT2D eigenvalue weighted by molar-refractivity contribution is 5.93. The third kappa shape index (κ3) is 7.03. The third-order valence-electron chi connectivity index (χ3n) is 8.63. The van der Waals surface area contributed by atoms with Crippen LogP contribution in [0.4, 0.5) is 8.78 Å². The normalized spacial score (nSPS) is 14.5. The summed E-state index contributed by atoms with van der Waals surface area (Å²) < 4.78 is 42.7. The third-order valence-corrected chi connectivity index (χ3v) is 8.63. The first kappa shape index (κ1) is 32.3. The molecule has 3 heterocycles. The summed E-state index contributed by atoms with van der Waals surface area (Å²) in [6.45, 7) is 3.40. The molecule has 0 aliphatic carbocycles. The molecule has 5 aromatic rings. The minimum absolute atomic E-state index is 0.0392. The van der Waals surface area contributed by atoms with Crippen molar-refractivity contribution >= 4 is 22.9 Å². The van der Waals surface area contributed by atoms with Crippen LogP contribution in [-0.4, -0.2) is 51.5 Å². The van der Waals surface area contributed by atoms with Crippen LogP contribution >= 0.6 is 0 Å². The lowest BCUT2D eigenvalue weighted by Crippen LogP contribution is -2.40. The van der Waals surface area contributed by atoms with Gasteiger partial charge in [0, 0.05) is 50.2 Å². The quantitative estimate of drug-likeness (QED) is 0.169. The van der Waals surface area contributed by atoms with E-state index in [0.717, 1.165) is 31.0 Å². The number of fused-ring (bicyclic) bond motifs is 1. The zero-order chi connectivity index (χ0) is 33.8. The number of hydrogen-bond donors (Lipinski definition) is 0. The van der Waals surface area contributed by atoms with Crippen molar-refractivity contribution in [3.63, 3.8) is 0 Å². The highest BCUT2D eigenvalue weighted by Gasteiger charge is 2.25. The van der Waals surface area contributed by atoms with Gasteiger partial charge < -0.3 is 18.9 Å². The lowest BCUT2D eigenvalue weighted by atomic mass is 9.97. The van der Waals surface area contributed by atoms with Crippen LogP contribution in [0.15, 0.2) is 72.8 Å². The summed E-state index contributed by atoms with van der Waals surface area (Å²) >= 11 is 0. The summed E-state index contributed by atoms with van der Waals surface area (Å²) in [7, 11) is 1.33. The molecule has 11 heteroatoms. The molecule has 0 bridgehead atoms. The zero-order valence-corrected chi connectivity index (χ0v) is 26.6. The number of esters is 1. The van der Waals surface area contributed by atoms with Gasteiger partial charge in [0.2, 0.25) is 11.8 Å². The Morgan fingerprint density at radius 1 is 1.00 bits per heavy atom. The second-order valence-electron chi connectivity index (χ2n) is 11.9. The number of likely N-dealkylation sites (tertiary alicyclic amines) is 1. The van der Waals surface area contributed by atoms with Gasteiger partial charge in [-0.1, -0.05) is 24.3 Å². The maximum atomic E-state index is 15.7. The fourth-order valence-corrected chi connectivity index (χ4v) is 6.08. The van der Waals surface area contributed by atoms with Crippen molar-refractivity contribution in [3.8, 4) is 23.2 Å². The molecule has 3 aromatic carbocycles. The Morgan fingerprint density at radius 3 is 2.56 bits per heavy atom. The molecule has 2 aromatic heterocycles. The largest absolute Gasteiger partial charge is 0.473 e. The number of rotatable bonds is 9. The predicted octanol–water partition coefficient (Wildman–Crippen LogP) is 6.46. The van der Waals surface area contributed by atoms with Crippen molar-refractivity contribution in [1.82, 2.24) is 19.4 Å². The fourth-order valence-electron chi connectivity index (χ4n) is 6.08. The predicted molar refractivity (Wildman–Crippen MR) is 174 cm³/mol. The average Bonchev–Trinajstić information content (AvgIpc) is 3.43. The van der Waals surface area contributed by atoms with Crippen LogP contribution in [0.2, 0.25) is 0 Å². The number of ether oxygens (including phenoxy) is 2. The summed E-state index contributed by atoms with van der Waals surface area (Å²) in [5, 5.41) is 8.96. The zero-order valence-electron chi connectivity index (χ0n) is 26.6. The second-order valence-corrected chi connectivity index (χ2v) is 11.9. The van der Waals surface area contributed by atoms with Crippen LogP contribution in [0.1, 0.15) is 52.6 Å². The van der Waals surface area contributed by atoms with Gasteiger partial charge in [-0.05, 0) is 66.8 Å². The van der Waals surface area contributed by atoms with Crippen molar-refractivity contribution in [2.75, 3.05) is 20.2 Å². The first-order valence-corrected chi connectivity index (χ1v) is 15.6. The SMILES string of the molecule is COC(=O)c1ccc2nc(Cc3ccc(-c4cccc(OCc5ccc(C#N)cc5F)n4)cc3F)n(C[C@H]3CCCN(C(C)=O)C3)c2c1. The Bertz CT molecular complexity index is 2050. The van der Waals surface area contributed by atoms with Crippen LogP contribution in [-0.2, 0) is 29.1 Å². The minimum Gasteiger partial charge on any atom is -0.473 e. The number of carbonyl (C=O) groups excluding carboxylic acids is 2. The Morgan fingerprint density at radius 2 is 1.81 bits per heavy atom. The highest BCUT2D eigenvalue weighted by Crippen LogP contribution is 2.28. The van der Waals surface area contributed by atoms with Gasteiger partial charge in [-0.25, -0.2) is 23.5 Å². The summed E-state index contributed by atoms with van der Waals surface area (Å²) in [6, 6.07) is 21.2. The number of pyridine rings is 1. The van der Waals surface area contributed by atoms with E-state index in [0.29, 0.717) is 46.8 Å². The van der Waals surface area contributed by atoms with Gasteiger partial charge in [-0.3, -0.25) is 4.79 Å². The van der Waals surface area contributed by atoms with Crippen LogP contribution < -0.4 is 4.74 Å². The van der Waals surface area contributed by atoms with Crippen molar-refractivity contribution in [2.45, 2.75) is 39.3 Å². The molecule has 0 N–H and O–H groups in total. The molecule has 1 atom stereocenters. The first-order chi connectivity index (χ1) is 23.2. The standard InChI is InChI=1S/C37H33F2N5O4/c1-23(45)43-14-4-5-25(20-43)21-44-34-17-28(37(46)47-2)12-13-33(34)41-35(44)18-26-10-11-27(16-31(26)39)32-6-3-7-36(42-32)48-22-29-9-8-24(19-40)15-30(29)38/h3,6-13,15-17,25H,4-5,14,18,20-22H2,1-2H3/t25-/m0/s1. The molecule has 0 radical (unpaired) electrons. The van der Waals surface area contributed by atoms with E-state index in [1.54, 1.807) is 55.5 Å². The number of nitrogens with zero attached hydrogens (tertiary/aromatic N) is 5. The van der Waals surface area contributed by atoms with Crippen LogP contribution in [0.5, 0.6) is 5.88 Å². The molecular weight excluding hydrogens is 616 g/mol.